The highest BCUT2D eigenvalue weighted by molar-refractivity contribution is 7.24. The van der Waals surface area contributed by atoms with E-state index in [1.54, 1.807) is 22.7 Å². The van der Waals surface area contributed by atoms with Crippen LogP contribution in [0.25, 0.3) is 85.9 Å². The van der Waals surface area contributed by atoms with Gasteiger partial charge in [0.15, 0.2) is 10.9 Å². The molecule has 0 aliphatic rings. The van der Waals surface area contributed by atoms with Gasteiger partial charge in [-0.3, -0.25) is 9.59 Å². The third kappa shape index (κ3) is 22.0. The Balaban J connectivity index is 1.13. The maximum atomic E-state index is 15.4. The SMILES string of the molecule is CCCCCCCCCCCCC(CCCCCCCCCC)Cc1c2cc3cc(-c4ccc(-c5ccc(/C=C/c6ccc(C)s6)s5)s4)c(=O)c3cc2c(CC(CCCCCCCCCC)CCCCCCCCCCCC)c2cc3cc(-c4ccc(C)s4)c(=O)c3cc12. The highest BCUT2D eigenvalue weighted by Crippen LogP contribution is 2.44. The van der Waals surface area contributed by atoms with Gasteiger partial charge in [0.25, 0.3) is 0 Å². The lowest BCUT2D eigenvalue weighted by atomic mass is 9.80. The zero-order chi connectivity index (χ0) is 65.7. The molecule has 0 aliphatic heterocycles. The molecule has 2 unspecified atom stereocenters. The number of rotatable bonds is 49. The van der Waals surface area contributed by atoms with Gasteiger partial charge in [-0.25, -0.2) is 0 Å². The molecule has 0 fully saturated rings. The van der Waals surface area contributed by atoms with Gasteiger partial charge in [0, 0.05) is 60.9 Å². The molecule has 0 bridgehead atoms. The summed E-state index contributed by atoms with van der Waals surface area (Å²) in [5.41, 5.74) is 4.84. The molecule has 0 saturated carbocycles. The summed E-state index contributed by atoms with van der Waals surface area (Å²) in [6, 6.07) is 31.9. The van der Waals surface area contributed by atoms with E-state index < -0.39 is 0 Å². The molecule has 0 spiro atoms. The average Bonchev–Trinajstić information content (AvgIpc) is 1.33. The summed E-state index contributed by atoms with van der Waals surface area (Å²) in [6.07, 6.45) is 59.9. The van der Waals surface area contributed by atoms with Crippen LogP contribution in [0.3, 0.4) is 0 Å². The summed E-state index contributed by atoms with van der Waals surface area (Å²) >= 11 is 7.15. The minimum atomic E-state index is 0.159. The van der Waals surface area contributed by atoms with E-state index in [4.69, 9.17) is 0 Å². The van der Waals surface area contributed by atoms with Crippen molar-refractivity contribution in [3.05, 3.63) is 136 Å². The lowest BCUT2D eigenvalue weighted by Crippen LogP contribution is -2.10. The Morgan fingerprint density at radius 2 is 0.596 bits per heavy atom. The first-order valence-electron chi connectivity index (χ1n) is 38.8. The minimum Gasteiger partial charge on any atom is -0.289 e. The molecule has 0 aliphatic carbocycles. The molecule has 4 aromatic heterocycles. The maximum Gasteiger partial charge on any atom is 0.195 e. The lowest BCUT2D eigenvalue weighted by Gasteiger charge is -2.24. The molecule has 508 valence electrons. The van der Waals surface area contributed by atoms with Gasteiger partial charge >= 0.3 is 0 Å². The molecular weight excluding hydrogens is 1220 g/mol. The zero-order valence-electron chi connectivity index (χ0n) is 59.5. The topological polar surface area (TPSA) is 34.1 Å². The molecule has 9 aromatic rings. The van der Waals surface area contributed by atoms with Gasteiger partial charge < -0.3 is 0 Å². The van der Waals surface area contributed by atoms with Crippen molar-refractivity contribution >= 4 is 101 Å². The summed E-state index contributed by atoms with van der Waals surface area (Å²) in [5.74, 6) is 1.09. The van der Waals surface area contributed by atoms with Crippen molar-refractivity contribution in [2.24, 2.45) is 11.8 Å². The Morgan fingerprint density at radius 1 is 0.298 bits per heavy atom. The van der Waals surface area contributed by atoms with Crippen LogP contribution in [0.4, 0.5) is 0 Å². The van der Waals surface area contributed by atoms with Crippen LogP contribution in [0.15, 0.2) is 94.5 Å². The van der Waals surface area contributed by atoms with Crippen molar-refractivity contribution in [3.8, 4) is 30.6 Å². The standard InChI is InChI=1S/C88H120O2S4/c1-7-11-15-19-23-27-29-33-37-41-45-67(43-39-35-31-25-21-17-13-9-3)57-75-77-59-69-61-81(83-53-48-66(6)92-83)87(89)73(69)63-79(77)76(58-68(44-40-36-32-26-22-18-14-10-4)46-42-38-34-30-28-24-20-16-12-8-2)78-60-70-62-82(88(90)74(70)64-80(75)78)84-55-56-86(94-84)85-54-52-72(93-85)51-50-71-49-47-65(5)91-71/h47-56,59-64,67-68H,7-46,57-58H2,1-6H3/b51-50+. The van der Waals surface area contributed by atoms with Gasteiger partial charge in [0.05, 0.1) is 0 Å². The molecule has 0 N–H and O–H groups in total. The molecule has 5 aromatic carbocycles. The van der Waals surface area contributed by atoms with E-state index in [-0.39, 0.29) is 10.9 Å². The first kappa shape index (κ1) is 73.8. The first-order chi connectivity index (χ1) is 46.2. The van der Waals surface area contributed by atoms with Gasteiger partial charge in [-0.1, -0.05) is 285 Å². The summed E-state index contributed by atoms with van der Waals surface area (Å²) < 4.78 is 0. The summed E-state index contributed by atoms with van der Waals surface area (Å²) in [6.45, 7) is 13.6. The average molecular weight is 1340 g/mol. The Morgan fingerprint density at radius 3 is 0.968 bits per heavy atom. The van der Waals surface area contributed by atoms with E-state index >= 15 is 9.59 Å². The molecule has 0 amide bonds. The lowest BCUT2D eigenvalue weighted by molar-refractivity contribution is 0.400. The van der Waals surface area contributed by atoms with Crippen molar-refractivity contribution in [3.63, 3.8) is 0 Å². The van der Waals surface area contributed by atoms with Gasteiger partial charge in [-0.2, -0.15) is 0 Å². The number of hydrogen-bond donors (Lipinski definition) is 0. The number of hydrogen-bond acceptors (Lipinski definition) is 6. The monoisotopic (exact) mass is 1340 g/mol. The molecule has 2 atom stereocenters. The first-order valence-corrected chi connectivity index (χ1v) is 42.1. The van der Waals surface area contributed by atoms with Crippen molar-refractivity contribution < 1.29 is 0 Å². The van der Waals surface area contributed by atoms with E-state index in [1.165, 1.54) is 319 Å². The molecule has 4 heterocycles. The Bertz CT molecular complexity index is 3720. The van der Waals surface area contributed by atoms with Crippen molar-refractivity contribution in [2.75, 3.05) is 0 Å². The van der Waals surface area contributed by atoms with Crippen molar-refractivity contribution in [1.82, 2.24) is 0 Å². The Hall–Kier alpha value is -4.46. The molecule has 94 heavy (non-hydrogen) atoms. The molecule has 6 heteroatoms. The van der Waals surface area contributed by atoms with Crippen LogP contribution in [0, 0.1) is 25.7 Å². The van der Waals surface area contributed by atoms with Crippen LogP contribution < -0.4 is 10.9 Å². The second-order valence-electron chi connectivity index (χ2n) is 28.9. The third-order valence-electron chi connectivity index (χ3n) is 21.0. The van der Waals surface area contributed by atoms with Crippen LogP contribution in [0.1, 0.15) is 315 Å². The number of aryl methyl sites for hydroxylation is 2. The van der Waals surface area contributed by atoms with Gasteiger partial charge in [-0.05, 0) is 179 Å². The largest absolute Gasteiger partial charge is 0.289 e. The smallest absolute Gasteiger partial charge is 0.195 e. The third-order valence-corrected chi connectivity index (χ3v) is 25.4. The predicted molar refractivity (Wildman–Crippen MR) is 426 cm³/mol. The number of unbranched alkanes of at least 4 members (excludes halogenated alkanes) is 32. The summed E-state index contributed by atoms with van der Waals surface area (Å²) in [4.78, 5) is 40.1. The molecule has 2 nitrogen and oxygen atoms in total. The fourth-order valence-electron chi connectivity index (χ4n) is 15.4. The fourth-order valence-corrected chi connectivity index (χ4v) is 19.1. The van der Waals surface area contributed by atoms with E-state index in [0.717, 1.165) is 55.3 Å². The van der Waals surface area contributed by atoms with E-state index in [1.807, 2.05) is 22.7 Å². The zero-order valence-corrected chi connectivity index (χ0v) is 62.8. The van der Waals surface area contributed by atoms with Crippen LogP contribution in [-0.4, -0.2) is 0 Å². The van der Waals surface area contributed by atoms with Crippen LogP contribution in [0.2, 0.25) is 0 Å². The van der Waals surface area contributed by atoms with E-state index in [2.05, 4.69) is 139 Å². The quantitative estimate of drug-likeness (QED) is 0.0281. The normalized spacial score (nSPS) is 12.8. The second-order valence-corrected chi connectivity index (χ2v) is 33.7. The molecule has 9 rings (SSSR count). The highest BCUT2D eigenvalue weighted by Gasteiger charge is 2.25. The molecule has 0 saturated heterocycles. The fraction of sp³-hybridized carbons (Fsp3) is 0.568. The van der Waals surface area contributed by atoms with Crippen molar-refractivity contribution in [2.45, 2.75) is 311 Å². The van der Waals surface area contributed by atoms with Gasteiger partial charge in [-0.15, -0.1) is 45.3 Å². The molecule has 0 radical (unpaired) electrons. The number of benzene rings is 3. The minimum absolute atomic E-state index is 0.159. The van der Waals surface area contributed by atoms with Crippen molar-refractivity contribution in [1.29, 1.82) is 0 Å². The van der Waals surface area contributed by atoms with Crippen LogP contribution in [0.5, 0.6) is 0 Å². The van der Waals surface area contributed by atoms with E-state index in [9.17, 15) is 0 Å². The summed E-state index contributed by atoms with van der Waals surface area (Å²) in [7, 11) is 0. The number of thiophene rings is 4. The maximum absolute atomic E-state index is 15.4. The second kappa shape index (κ2) is 40.4. The van der Waals surface area contributed by atoms with Gasteiger partial charge in [0.1, 0.15) is 0 Å². The highest BCUT2D eigenvalue weighted by atomic mass is 32.1. The van der Waals surface area contributed by atoms with Crippen LogP contribution in [-0.2, 0) is 12.8 Å². The Labute approximate surface area is 586 Å². The number of fused-ring (bicyclic) bond motifs is 4. The molecular formula is C88H120O2S4. The van der Waals surface area contributed by atoms with Gasteiger partial charge in [0.2, 0.25) is 0 Å². The summed E-state index contributed by atoms with van der Waals surface area (Å²) in [5, 5.41) is 9.12. The Kier molecular flexibility index (Phi) is 31.7. The van der Waals surface area contributed by atoms with Crippen LogP contribution >= 0.6 is 45.3 Å². The van der Waals surface area contributed by atoms with E-state index in [0.29, 0.717) is 11.8 Å². The predicted octanol–water partition coefficient (Wildman–Crippen LogP) is 29.9.